The van der Waals surface area contributed by atoms with Gasteiger partial charge in [0, 0.05) is 0 Å². The maximum atomic E-state index is 12.6. The second-order valence-electron chi connectivity index (χ2n) is 7.14. The number of para-hydroxylation sites is 1. The molecule has 0 aliphatic heterocycles. The molecular weight excluding hydrogens is 436 g/mol. The predicted molar refractivity (Wildman–Crippen MR) is 125 cm³/mol. The van der Waals surface area contributed by atoms with E-state index >= 15 is 0 Å². The molecular formula is C26H20N2O6. The average molecular weight is 456 g/mol. The van der Waals surface area contributed by atoms with Gasteiger partial charge >= 0.3 is 11.9 Å². The second kappa shape index (κ2) is 10.6. The van der Waals surface area contributed by atoms with E-state index in [1.165, 1.54) is 43.5 Å². The van der Waals surface area contributed by atoms with E-state index in [1.54, 1.807) is 42.5 Å². The molecule has 3 aromatic rings. The molecule has 1 amide bonds. The summed E-state index contributed by atoms with van der Waals surface area (Å²) in [5, 5.41) is 21.2. The molecule has 34 heavy (non-hydrogen) atoms. The summed E-state index contributed by atoms with van der Waals surface area (Å²) in [4.78, 5) is 36.3. The molecule has 0 saturated carbocycles. The van der Waals surface area contributed by atoms with Gasteiger partial charge < -0.3 is 19.9 Å². The normalized spacial score (nSPS) is 10.7. The molecule has 0 aliphatic carbocycles. The topological polar surface area (TPSA) is 126 Å². The summed E-state index contributed by atoms with van der Waals surface area (Å²) in [5.41, 5.74) is 1.53. The van der Waals surface area contributed by atoms with Crippen molar-refractivity contribution in [3.63, 3.8) is 0 Å². The third-order valence-corrected chi connectivity index (χ3v) is 4.76. The number of carboxylic acids is 1. The van der Waals surface area contributed by atoms with Crippen LogP contribution in [-0.4, -0.2) is 30.1 Å². The maximum Gasteiger partial charge on any atom is 0.343 e. The fourth-order valence-electron chi connectivity index (χ4n) is 2.99. The van der Waals surface area contributed by atoms with Crippen molar-refractivity contribution in [2.75, 3.05) is 12.4 Å². The Morgan fingerprint density at radius 1 is 1.00 bits per heavy atom. The number of carbonyl (C=O) groups is 3. The second-order valence-corrected chi connectivity index (χ2v) is 7.14. The minimum atomic E-state index is -1.21. The Morgan fingerprint density at radius 3 is 2.35 bits per heavy atom. The van der Waals surface area contributed by atoms with Gasteiger partial charge in [-0.05, 0) is 55.0 Å². The number of anilines is 1. The Morgan fingerprint density at radius 2 is 1.71 bits per heavy atom. The number of rotatable bonds is 7. The van der Waals surface area contributed by atoms with Crippen LogP contribution in [0.1, 0.15) is 31.8 Å². The minimum absolute atomic E-state index is 0.0668. The van der Waals surface area contributed by atoms with Gasteiger partial charge in [-0.15, -0.1) is 0 Å². The molecule has 0 aromatic heterocycles. The Labute approximate surface area is 195 Å². The van der Waals surface area contributed by atoms with E-state index in [-0.39, 0.29) is 28.3 Å². The highest BCUT2D eigenvalue weighted by Gasteiger charge is 2.16. The Balaban J connectivity index is 1.82. The molecule has 3 aromatic carbocycles. The van der Waals surface area contributed by atoms with Gasteiger partial charge in [0.05, 0.1) is 23.9 Å². The highest BCUT2D eigenvalue weighted by Crippen LogP contribution is 2.30. The molecule has 2 N–H and O–H groups in total. The summed E-state index contributed by atoms with van der Waals surface area (Å²) in [5.74, 6) is -2.15. The van der Waals surface area contributed by atoms with E-state index in [0.29, 0.717) is 11.1 Å². The number of benzene rings is 3. The van der Waals surface area contributed by atoms with Crippen LogP contribution in [-0.2, 0) is 4.79 Å². The molecule has 0 heterocycles. The number of ether oxygens (including phenoxy) is 2. The van der Waals surface area contributed by atoms with Gasteiger partial charge in [-0.2, -0.15) is 5.26 Å². The molecule has 8 nitrogen and oxygen atoms in total. The number of hydrogen-bond donors (Lipinski definition) is 2. The van der Waals surface area contributed by atoms with Gasteiger partial charge in [0.25, 0.3) is 5.91 Å². The lowest BCUT2D eigenvalue weighted by Gasteiger charge is -2.11. The first kappa shape index (κ1) is 23.8. The summed E-state index contributed by atoms with van der Waals surface area (Å²) >= 11 is 0. The van der Waals surface area contributed by atoms with Crippen molar-refractivity contribution < 1.29 is 29.0 Å². The number of carboxylic acid groups (broad SMARTS) is 1. The van der Waals surface area contributed by atoms with Crippen LogP contribution in [0.5, 0.6) is 11.5 Å². The molecule has 0 radical (unpaired) electrons. The van der Waals surface area contributed by atoms with Crippen LogP contribution >= 0.6 is 0 Å². The van der Waals surface area contributed by atoms with Crippen molar-refractivity contribution in [1.82, 2.24) is 0 Å². The number of carbonyl (C=O) groups excluding carboxylic acids is 2. The van der Waals surface area contributed by atoms with Gasteiger partial charge in [0.2, 0.25) is 0 Å². The molecule has 0 saturated heterocycles. The quantitative estimate of drug-likeness (QED) is 0.233. The highest BCUT2D eigenvalue weighted by atomic mass is 16.6. The number of hydrogen-bond acceptors (Lipinski definition) is 6. The fraction of sp³-hybridized carbons (Fsp3) is 0.0769. The standard InChI is InChI=1S/C26H20N2O6/c1-16-7-10-18(11-8-16)26(32)34-22-12-9-17(14-23(22)33-2)13-19(15-27)24(29)28-21-6-4-3-5-20(21)25(30)31/h3-14H,1-2H3,(H,28,29)(H,30,31)/b19-13+. The largest absolute Gasteiger partial charge is 0.493 e. The summed E-state index contributed by atoms with van der Waals surface area (Å²) in [6.45, 7) is 1.91. The molecule has 170 valence electrons. The zero-order valence-electron chi connectivity index (χ0n) is 18.4. The van der Waals surface area contributed by atoms with Crippen LogP contribution in [0.25, 0.3) is 6.08 Å². The summed E-state index contributed by atoms with van der Waals surface area (Å²) in [7, 11) is 1.40. The van der Waals surface area contributed by atoms with Crippen LogP contribution < -0.4 is 14.8 Å². The third-order valence-electron chi connectivity index (χ3n) is 4.76. The molecule has 0 fully saturated rings. The zero-order chi connectivity index (χ0) is 24.7. The van der Waals surface area contributed by atoms with E-state index in [4.69, 9.17) is 9.47 Å². The Kier molecular flexibility index (Phi) is 7.41. The van der Waals surface area contributed by atoms with Gasteiger partial charge in [0.1, 0.15) is 11.6 Å². The van der Waals surface area contributed by atoms with Crippen LogP contribution in [0.15, 0.2) is 72.3 Å². The number of nitriles is 1. The molecule has 0 aliphatic rings. The number of aryl methyl sites for hydroxylation is 1. The van der Waals surface area contributed by atoms with Crippen molar-refractivity contribution >= 4 is 29.6 Å². The number of aromatic carboxylic acids is 1. The summed E-state index contributed by atoms with van der Waals surface area (Å²) in [6, 6.07) is 19.1. The SMILES string of the molecule is COc1cc(/C=C(\C#N)C(=O)Nc2ccccc2C(=O)O)ccc1OC(=O)c1ccc(C)cc1. The first-order chi connectivity index (χ1) is 16.3. The molecule has 0 bridgehead atoms. The lowest BCUT2D eigenvalue weighted by Crippen LogP contribution is -2.16. The van der Waals surface area contributed by atoms with E-state index in [0.717, 1.165) is 5.56 Å². The fourth-order valence-corrected chi connectivity index (χ4v) is 2.99. The Hall–Kier alpha value is -4.90. The van der Waals surface area contributed by atoms with Crippen molar-refractivity contribution in [2.24, 2.45) is 0 Å². The van der Waals surface area contributed by atoms with E-state index in [9.17, 15) is 24.8 Å². The van der Waals surface area contributed by atoms with Crippen molar-refractivity contribution in [3.8, 4) is 17.6 Å². The molecule has 3 rings (SSSR count). The van der Waals surface area contributed by atoms with Crippen LogP contribution in [0, 0.1) is 18.3 Å². The lowest BCUT2D eigenvalue weighted by molar-refractivity contribution is -0.112. The van der Waals surface area contributed by atoms with Crippen LogP contribution in [0.4, 0.5) is 5.69 Å². The van der Waals surface area contributed by atoms with Gasteiger partial charge in [-0.25, -0.2) is 9.59 Å². The van der Waals surface area contributed by atoms with Crippen molar-refractivity contribution in [2.45, 2.75) is 6.92 Å². The van der Waals surface area contributed by atoms with Crippen molar-refractivity contribution in [3.05, 3.63) is 94.6 Å². The highest BCUT2D eigenvalue weighted by molar-refractivity contribution is 6.11. The first-order valence-corrected chi connectivity index (χ1v) is 10.0. The number of amides is 1. The Bertz CT molecular complexity index is 1320. The first-order valence-electron chi connectivity index (χ1n) is 10.0. The summed E-state index contributed by atoms with van der Waals surface area (Å²) < 4.78 is 10.7. The zero-order valence-corrected chi connectivity index (χ0v) is 18.4. The van der Waals surface area contributed by atoms with Gasteiger partial charge in [-0.3, -0.25) is 4.79 Å². The van der Waals surface area contributed by atoms with Crippen LogP contribution in [0.2, 0.25) is 0 Å². The molecule has 0 spiro atoms. The maximum absolute atomic E-state index is 12.6. The average Bonchev–Trinajstić information content (AvgIpc) is 2.83. The number of esters is 1. The van der Waals surface area contributed by atoms with Crippen molar-refractivity contribution in [1.29, 1.82) is 5.26 Å². The third kappa shape index (κ3) is 5.66. The van der Waals surface area contributed by atoms with Crippen LogP contribution in [0.3, 0.4) is 0 Å². The number of nitrogens with zero attached hydrogens (tertiary/aromatic N) is 1. The minimum Gasteiger partial charge on any atom is -0.493 e. The predicted octanol–water partition coefficient (Wildman–Crippen LogP) is 4.47. The van der Waals surface area contributed by atoms with Gasteiger partial charge in [0.15, 0.2) is 11.5 Å². The van der Waals surface area contributed by atoms with Gasteiger partial charge in [-0.1, -0.05) is 35.9 Å². The van der Waals surface area contributed by atoms with E-state index in [1.807, 2.05) is 6.92 Å². The number of methoxy groups -OCH3 is 1. The van der Waals surface area contributed by atoms with E-state index < -0.39 is 17.8 Å². The summed E-state index contributed by atoms with van der Waals surface area (Å²) in [6.07, 6.45) is 1.31. The molecule has 8 heteroatoms. The monoisotopic (exact) mass is 456 g/mol. The molecule has 0 atom stereocenters. The van der Waals surface area contributed by atoms with E-state index in [2.05, 4.69) is 5.32 Å². The number of nitrogens with one attached hydrogen (secondary N) is 1. The molecule has 0 unspecified atom stereocenters. The smallest absolute Gasteiger partial charge is 0.343 e. The lowest BCUT2D eigenvalue weighted by atomic mass is 10.1.